The fourth-order valence-electron chi connectivity index (χ4n) is 4.44. The van der Waals surface area contributed by atoms with E-state index in [0.29, 0.717) is 23.6 Å². The molecule has 0 N–H and O–H groups in total. The highest BCUT2D eigenvalue weighted by Crippen LogP contribution is 2.34. The van der Waals surface area contributed by atoms with Gasteiger partial charge in [0.25, 0.3) is 0 Å². The number of aryl methyl sites for hydroxylation is 1. The second kappa shape index (κ2) is 11.3. The Morgan fingerprint density at radius 2 is 1.69 bits per heavy atom. The number of unbranched alkanes of at least 4 members (excludes halogenated alkanes) is 2. The van der Waals surface area contributed by atoms with Crippen molar-refractivity contribution < 1.29 is 9.13 Å². The summed E-state index contributed by atoms with van der Waals surface area (Å²) in [6.45, 7) is 4.68. The molecule has 1 heterocycles. The molecule has 1 aliphatic rings. The van der Waals surface area contributed by atoms with Crippen molar-refractivity contribution in [2.24, 2.45) is 11.8 Å². The molecule has 0 aliphatic heterocycles. The summed E-state index contributed by atoms with van der Waals surface area (Å²) in [4.78, 5) is 0. The Labute approximate surface area is 175 Å². The Hall–Kier alpha value is -1.97. The van der Waals surface area contributed by atoms with E-state index >= 15 is 0 Å². The summed E-state index contributed by atoms with van der Waals surface area (Å²) in [5.41, 5.74) is 2.04. The first-order valence-electron chi connectivity index (χ1n) is 11.4. The lowest BCUT2D eigenvalue weighted by atomic mass is 9.78. The maximum atomic E-state index is 14.3. The van der Waals surface area contributed by atoms with Crippen LogP contribution in [0.5, 0.6) is 5.75 Å². The van der Waals surface area contributed by atoms with E-state index in [1.165, 1.54) is 63.9 Å². The number of nitrogens with zero attached hydrogens (tertiary/aromatic N) is 2. The smallest absolute Gasteiger partial charge is 0.136 e. The van der Waals surface area contributed by atoms with Crippen LogP contribution in [0, 0.1) is 17.7 Å². The van der Waals surface area contributed by atoms with Crippen LogP contribution in [-0.2, 0) is 6.42 Å². The second-order valence-corrected chi connectivity index (χ2v) is 8.41. The predicted octanol–water partition coefficient (Wildman–Crippen LogP) is 7.00. The third-order valence-electron chi connectivity index (χ3n) is 6.24. The molecular weight excluding hydrogens is 363 g/mol. The summed E-state index contributed by atoms with van der Waals surface area (Å²) in [5, 5.41) is 8.63. The monoisotopic (exact) mass is 398 g/mol. The minimum absolute atomic E-state index is 0.325. The van der Waals surface area contributed by atoms with E-state index in [1.54, 1.807) is 12.1 Å². The van der Waals surface area contributed by atoms with Crippen molar-refractivity contribution in [2.75, 3.05) is 6.61 Å². The Morgan fingerprint density at radius 3 is 2.31 bits per heavy atom. The lowest BCUT2D eigenvalue weighted by Gasteiger charge is -2.28. The summed E-state index contributed by atoms with van der Waals surface area (Å²) in [7, 11) is 0. The molecule has 0 bridgehead atoms. The zero-order valence-corrected chi connectivity index (χ0v) is 18.0. The van der Waals surface area contributed by atoms with E-state index in [2.05, 4.69) is 17.1 Å². The van der Waals surface area contributed by atoms with Crippen LogP contribution in [0.1, 0.15) is 77.3 Å². The molecule has 29 heavy (non-hydrogen) atoms. The lowest BCUT2D eigenvalue weighted by molar-refractivity contribution is 0.248. The molecule has 1 saturated carbocycles. The van der Waals surface area contributed by atoms with Gasteiger partial charge in [0.2, 0.25) is 0 Å². The van der Waals surface area contributed by atoms with E-state index < -0.39 is 0 Å². The van der Waals surface area contributed by atoms with Gasteiger partial charge in [-0.2, -0.15) is 10.2 Å². The molecule has 0 saturated heterocycles. The van der Waals surface area contributed by atoms with Gasteiger partial charge in [-0.05, 0) is 55.9 Å². The van der Waals surface area contributed by atoms with Gasteiger partial charge in [-0.15, -0.1) is 0 Å². The predicted molar refractivity (Wildman–Crippen MR) is 117 cm³/mol. The van der Waals surface area contributed by atoms with Gasteiger partial charge in [0.05, 0.1) is 18.0 Å². The fourth-order valence-corrected chi connectivity index (χ4v) is 4.44. The standard InChI is InChI=1S/C25H35FN2O/c1-3-5-6-7-19-8-10-20(11-9-19)12-13-21-14-17-25(28-27-21)23-16-15-22(29-4-2)18-24(23)26/h14-20H,3-13H2,1-2H3. The van der Waals surface area contributed by atoms with Gasteiger partial charge in [0, 0.05) is 11.6 Å². The first-order valence-corrected chi connectivity index (χ1v) is 11.4. The molecule has 0 radical (unpaired) electrons. The first-order chi connectivity index (χ1) is 14.2. The van der Waals surface area contributed by atoms with Crippen LogP contribution in [0.3, 0.4) is 0 Å². The number of rotatable bonds is 10. The Bertz CT molecular complexity index is 739. The zero-order chi connectivity index (χ0) is 20.5. The van der Waals surface area contributed by atoms with Crippen molar-refractivity contribution >= 4 is 0 Å². The van der Waals surface area contributed by atoms with Gasteiger partial charge in [-0.1, -0.05) is 58.3 Å². The number of hydrogen-bond acceptors (Lipinski definition) is 3. The molecular formula is C25H35FN2O. The van der Waals surface area contributed by atoms with Crippen molar-refractivity contribution in [1.82, 2.24) is 10.2 Å². The van der Waals surface area contributed by atoms with E-state index in [9.17, 15) is 4.39 Å². The highest BCUT2D eigenvalue weighted by atomic mass is 19.1. The quantitative estimate of drug-likeness (QED) is 0.404. The van der Waals surface area contributed by atoms with Gasteiger partial charge in [-0.3, -0.25) is 0 Å². The van der Waals surface area contributed by atoms with Crippen LogP contribution >= 0.6 is 0 Å². The molecule has 1 aliphatic carbocycles. The molecule has 1 aromatic carbocycles. The van der Waals surface area contributed by atoms with Gasteiger partial charge in [0.15, 0.2) is 0 Å². The summed E-state index contributed by atoms with van der Waals surface area (Å²) in [5.74, 6) is 2.00. The molecule has 4 heteroatoms. The summed E-state index contributed by atoms with van der Waals surface area (Å²) in [6, 6.07) is 8.77. The molecule has 0 spiro atoms. The summed E-state index contributed by atoms with van der Waals surface area (Å²) < 4.78 is 19.7. The zero-order valence-electron chi connectivity index (χ0n) is 18.0. The van der Waals surface area contributed by atoms with Gasteiger partial charge < -0.3 is 4.74 Å². The fraction of sp³-hybridized carbons (Fsp3) is 0.600. The van der Waals surface area contributed by atoms with Crippen LogP contribution in [-0.4, -0.2) is 16.8 Å². The third-order valence-corrected chi connectivity index (χ3v) is 6.24. The molecule has 0 atom stereocenters. The largest absolute Gasteiger partial charge is 0.494 e. The highest BCUT2D eigenvalue weighted by molar-refractivity contribution is 5.60. The van der Waals surface area contributed by atoms with E-state index in [4.69, 9.17) is 4.74 Å². The summed E-state index contributed by atoms with van der Waals surface area (Å²) >= 11 is 0. The van der Waals surface area contributed by atoms with Crippen molar-refractivity contribution in [3.05, 3.63) is 41.8 Å². The van der Waals surface area contributed by atoms with E-state index in [0.717, 1.165) is 24.0 Å². The number of benzene rings is 1. The van der Waals surface area contributed by atoms with Crippen LogP contribution in [0.25, 0.3) is 11.3 Å². The van der Waals surface area contributed by atoms with Gasteiger partial charge in [-0.25, -0.2) is 4.39 Å². The Kier molecular flexibility index (Phi) is 8.45. The Balaban J connectivity index is 1.47. The second-order valence-electron chi connectivity index (χ2n) is 8.41. The maximum Gasteiger partial charge on any atom is 0.136 e. The minimum Gasteiger partial charge on any atom is -0.494 e. The van der Waals surface area contributed by atoms with Crippen LogP contribution in [0.15, 0.2) is 30.3 Å². The average Bonchev–Trinajstić information content (AvgIpc) is 2.74. The Morgan fingerprint density at radius 1 is 0.931 bits per heavy atom. The number of halogens is 1. The topological polar surface area (TPSA) is 35.0 Å². The van der Waals surface area contributed by atoms with Crippen LogP contribution < -0.4 is 4.74 Å². The number of aromatic nitrogens is 2. The van der Waals surface area contributed by atoms with E-state index in [1.807, 2.05) is 19.1 Å². The molecule has 0 amide bonds. The van der Waals surface area contributed by atoms with Crippen molar-refractivity contribution in [3.8, 4) is 17.0 Å². The minimum atomic E-state index is -0.325. The first kappa shape index (κ1) is 21.7. The normalized spacial score (nSPS) is 19.3. The average molecular weight is 399 g/mol. The molecule has 1 aromatic heterocycles. The highest BCUT2D eigenvalue weighted by Gasteiger charge is 2.20. The number of ether oxygens (including phenoxy) is 1. The summed E-state index contributed by atoms with van der Waals surface area (Å²) in [6.07, 6.45) is 13.2. The van der Waals surface area contributed by atoms with Gasteiger partial charge in [0.1, 0.15) is 11.6 Å². The van der Waals surface area contributed by atoms with Crippen molar-refractivity contribution in [1.29, 1.82) is 0 Å². The molecule has 0 unspecified atom stereocenters. The SMILES string of the molecule is CCCCCC1CCC(CCc2ccc(-c3ccc(OCC)cc3F)nn2)CC1. The molecule has 2 aromatic rings. The van der Waals surface area contributed by atoms with Crippen molar-refractivity contribution in [3.63, 3.8) is 0 Å². The maximum absolute atomic E-state index is 14.3. The van der Waals surface area contributed by atoms with Crippen LogP contribution in [0.4, 0.5) is 4.39 Å². The van der Waals surface area contributed by atoms with Crippen LogP contribution in [0.2, 0.25) is 0 Å². The van der Waals surface area contributed by atoms with E-state index in [-0.39, 0.29) is 5.82 Å². The molecule has 3 nitrogen and oxygen atoms in total. The third kappa shape index (κ3) is 6.52. The molecule has 158 valence electrons. The number of hydrogen-bond donors (Lipinski definition) is 0. The van der Waals surface area contributed by atoms with Gasteiger partial charge >= 0.3 is 0 Å². The molecule has 1 fully saturated rings. The molecule has 3 rings (SSSR count). The lowest BCUT2D eigenvalue weighted by Crippen LogP contribution is -2.15. The van der Waals surface area contributed by atoms with Crippen molar-refractivity contribution in [2.45, 2.75) is 78.1 Å².